The lowest BCUT2D eigenvalue weighted by Crippen LogP contribution is -2.58. The fourth-order valence-corrected chi connectivity index (χ4v) is 2.69. The molecule has 86 valence electrons. The highest BCUT2D eigenvalue weighted by Gasteiger charge is 2.47. The number of carbonyl (C=O) groups is 1. The molecule has 1 saturated carbocycles. The lowest BCUT2D eigenvalue weighted by molar-refractivity contribution is -0.126. The molecule has 16 heavy (non-hydrogen) atoms. The fourth-order valence-electron chi connectivity index (χ4n) is 2.15. The zero-order valence-corrected chi connectivity index (χ0v) is 11.2. The van der Waals surface area contributed by atoms with Gasteiger partial charge in [0.05, 0.1) is 0 Å². The Balaban J connectivity index is 2.18. The van der Waals surface area contributed by atoms with Gasteiger partial charge in [0.1, 0.15) is 5.54 Å². The summed E-state index contributed by atoms with van der Waals surface area (Å²) < 4.78 is 8.97. The van der Waals surface area contributed by atoms with Crippen LogP contribution >= 0.6 is 22.6 Å². The Kier molecular flexibility index (Phi) is 2.75. The molecule has 1 aliphatic rings. The number of amides is 1. The molecule has 0 unspecified atom stereocenters. The van der Waals surface area contributed by atoms with Gasteiger partial charge in [-0.2, -0.15) is 0 Å². The summed E-state index contributed by atoms with van der Waals surface area (Å²) in [6, 6.07) is 7.78. The van der Waals surface area contributed by atoms with Crippen molar-refractivity contribution in [3.8, 4) is 0 Å². The molecule has 4 heteroatoms. The van der Waals surface area contributed by atoms with Crippen molar-refractivity contribution >= 4 is 34.2 Å². The number of anilines is 1. The molecular weight excluding hydrogens is 315 g/mol. The van der Waals surface area contributed by atoms with E-state index in [-0.39, 0.29) is 5.91 Å². The third-order valence-corrected chi connectivity index (χ3v) is 3.56. The minimum atomic E-state index is -0.749. The van der Waals surface area contributed by atoms with Crippen LogP contribution in [0.3, 0.4) is 0 Å². The van der Waals surface area contributed by atoms with E-state index >= 15 is 0 Å². The first kappa shape index (κ1) is 10.4. The molecule has 1 fully saturated rings. The predicted octanol–water partition coefficient (Wildman–Crippen LogP) is 2.36. The van der Waals surface area contributed by atoms with Crippen molar-refractivity contribution in [3.63, 3.8) is 0 Å². The van der Waals surface area contributed by atoms with Gasteiger partial charge in [-0.3, -0.25) is 4.79 Å². The zero-order chi connectivity index (χ0) is 12.7. The standard InChI is InChI=1S/C12H15IN2O/c1-8-6-12(7-8,11(14)16)15-10-4-2-3-9(13)5-10/h2-5,8,15H,6-7H2,1H3,(H2,14,16)/i8D. The van der Waals surface area contributed by atoms with Crippen molar-refractivity contribution < 1.29 is 6.17 Å². The summed E-state index contributed by atoms with van der Waals surface area (Å²) in [4.78, 5) is 11.6. The number of halogens is 1. The Morgan fingerprint density at radius 1 is 1.69 bits per heavy atom. The maximum atomic E-state index is 11.6. The van der Waals surface area contributed by atoms with E-state index in [1.165, 1.54) is 0 Å². The van der Waals surface area contributed by atoms with Crippen LogP contribution in [0.25, 0.3) is 0 Å². The largest absolute Gasteiger partial charge is 0.371 e. The van der Waals surface area contributed by atoms with E-state index in [1.54, 1.807) is 0 Å². The van der Waals surface area contributed by atoms with Crippen molar-refractivity contribution in [3.05, 3.63) is 27.8 Å². The molecule has 3 N–H and O–H groups in total. The molecule has 0 radical (unpaired) electrons. The van der Waals surface area contributed by atoms with Gasteiger partial charge in [-0.25, -0.2) is 0 Å². The summed E-state index contributed by atoms with van der Waals surface area (Å²) in [7, 11) is 0. The van der Waals surface area contributed by atoms with Gasteiger partial charge >= 0.3 is 0 Å². The Hall–Kier alpha value is -0.780. The van der Waals surface area contributed by atoms with Crippen molar-refractivity contribution in [2.24, 2.45) is 11.6 Å². The average Bonchev–Trinajstić information content (AvgIpc) is 2.14. The van der Waals surface area contributed by atoms with Crippen molar-refractivity contribution in [2.75, 3.05) is 5.32 Å². The first-order chi connectivity index (χ1) is 7.83. The predicted molar refractivity (Wildman–Crippen MR) is 73.1 cm³/mol. The van der Waals surface area contributed by atoms with E-state index in [9.17, 15) is 4.79 Å². The summed E-state index contributed by atoms with van der Waals surface area (Å²) >= 11 is 2.22. The molecule has 1 aromatic carbocycles. The number of benzene rings is 1. The normalized spacial score (nSPS) is 33.8. The second-order valence-electron chi connectivity index (χ2n) is 4.39. The SMILES string of the molecule is [2H]C1(C)CC(Nc2cccc(I)c2)(C(N)=O)C1. The minimum absolute atomic E-state index is 0.374. The molecule has 0 aliphatic heterocycles. The van der Waals surface area contributed by atoms with E-state index in [1.807, 2.05) is 31.2 Å². The first-order valence-electron chi connectivity index (χ1n) is 5.67. The van der Waals surface area contributed by atoms with Gasteiger partial charge in [-0.05, 0) is 59.5 Å². The Morgan fingerprint density at radius 3 is 2.88 bits per heavy atom. The number of hydrogen-bond donors (Lipinski definition) is 2. The molecule has 1 amide bonds. The third kappa shape index (κ3) is 2.16. The molecule has 1 aliphatic carbocycles. The zero-order valence-electron chi connectivity index (χ0n) is 10.1. The number of carbonyl (C=O) groups excluding carboxylic acids is 1. The van der Waals surface area contributed by atoms with Crippen LogP contribution in [0.5, 0.6) is 0 Å². The van der Waals surface area contributed by atoms with Crippen LogP contribution < -0.4 is 11.1 Å². The number of nitrogens with two attached hydrogens (primary N) is 1. The van der Waals surface area contributed by atoms with Crippen LogP contribution in [0.4, 0.5) is 5.69 Å². The lowest BCUT2D eigenvalue weighted by atomic mass is 9.68. The van der Waals surface area contributed by atoms with Gasteiger partial charge in [-0.1, -0.05) is 13.0 Å². The monoisotopic (exact) mass is 331 g/mol. The average molecular weight is 331 g/mol. The summed E-state index contributed by atoms with van der Waals surface area (Å²) in [5.41, 5.74) is 5.58. The highest BCUT2D eigenvalue weighted by Crippen LogP contribution is 2.40. The third-order valence-electron chi connectivity index (χ3n) is 2.89. The molecule has 2 rings (SSSR count). The van der Waals surface area contributed by atoms with Crippen LogP contribution in [-0.4, -0.2) is 11.4 Å². The number of nitrogens with one attached hydrogen (secondary N) is 1. The van der Waals surface area contributed by atoms with Crippen LogP contribution in [-0.2, 0) is 4.79 Å². The van der Waals surface area contributed by atoms with Crippen LogP contribution in [0, 0.1) is 9.46 Å². The Bertz CT molecular complexity index is 454. The topological polar surface area (TPSA) is 55.1 Å². The molecule has 3 nitrogen and oxygen atoms in total. The second kappa shape index (κ2) is 4.24. The maximum absolute atomic E-state index is 11.6. The molecule has 0 spiro atoms. The van der Waals surface area contributed by atoms with E-state index in [2.05, 4.69) is 27.9 Å². The fraction of sp³-hybridized carbons (Fsp3) is 0.417. The smallest absolute Gasteiger partial charge is 0.243 e. The van der Waals surface area contributed by atoms with Gasteiger partial charge in [0.25, 0.3) is 0 Å². The number of rotatable bonds is 3. The van der Waals surface area contributed by atoms with E-state index < -0.39 is 11.4 Å². The molecule has 0 heterocycles. The first-order valence-corrected chi connectivity index (χ1v) is 6.25. The van der Waals surface area contributed by atoms with Crippen LogP contribution in [0.15, 0.2) is 24.3 Å². The molecule has 0 bridgehead atoms. The molecule has 0 aromatic heterocycles. The van der Waals surface area contributed by atoms with Crippen LogP contribution in [0.1, 0.15) is 21.1 Å². The number of primary amides is 1. The Morgan fingerprint density at radius 2 is 2.38 bits per heavy atom. The highest BCUT2D eigenvalue weighted by atomic mass is 127. The molecule has 0 saturated heterocycles. The lowest BCUT2D eigenvalue weighted by Gasteiger charge is -2.45. The molecular formula is C12H15IN2O. The van der Waals surface area contributed by atoms with Gasteiger partial charge in [-0.15, -0.1) is 0 Å². The Labute approximate surface area is 110 Å². The highest BCUT2D eigenvalue weighted by molar-refractivity contribution is 14.1. The molecule has 0 atom stereocenters. The maximum Gasteiger partial charge on any atom is 0.243 e. The van der Waals surface area contributed by atoms with E-state index in [0.29, 0.717) is 12.8 Å². The van der Waals surface area contributed by atoms with Gasteiger partial charge in [0, 0.05) is 10.6 Å². The van der Waals surface area contributed by atoms with E-state index in [4.69, 9.17) is 7.10 Å². The van der Waals surface area contributed by atoms with Crippen molar-refractivity contribution in [1.29, 1.82) is 0 Å². The summed E-state index contributed by atoms with van der Waals surface area (Å²) in [6.45, 7) is 1.82. The summed E-state index contributed by atoms with van der Waals surface area (Å²) in [6.07, 6.45) is 0.918. The van der Waals surface area contributed by atoms with Crippen LogP contribution in [0.2, 0.25) is 0 Å². The number of hydrogen-bond acceptors (Lipinski definition) is 2. The van der Waals surface area contributed by atoms with E-state index in [0.717, 1.165) is 9.26 Å². The van der Waals surface area contributed by atoms with Gasteiger partial charge in [0.2, 0.25) is 5.91 Å². The van der Waals surface area contributed by atoms with Crippen molar-refractivity contribution in [2.45, 2.75) is 25.3 Å². The van der Waals surface area contributed by atoms with Gasteiger partial charge in [0.15, 0.2) is 0 Å². The quantitative estimate of drug-likeness (QED) is 0.836. The summed E-state index contributed by atoms with van der Waals surface area (Å²) in [5.74, 6) is -0.926. The summed E-state index contributed by atoms with van der Waals surface area (Å²) in [5, 5.41) is 3.19. The van der Waals surface area contributed by atoms with Gasteiger partial charge < -0.3 is 11.1 Å². The molecule has 1 aromatic rings. The minimum Gasteiger partial charge on any atom is -0.371 e. The second-order valence-corrected chi connectivity index (χ2v) is 5.64. The van der Waals surface area contributed by atoms with Crippen molar-refractivity contribution in [1.82, 2.24) is 0 Å².